The Bertz CT molecular complexity index is 415. The van der Waals surface area contributed by atoms with Crippen molar-refractivity contribution < 1.29 is 9.47 Å². The highest BCUT2D eigenvalue weighted by Gasteiger charge is 2.20. The van der Waals surface area contributed by atoms with Crippen LogP contribution in [0.25, 0.3) is 0 Å². The van der Waals surface area contributed by atoms with E-state index in [1.54, 1.807) is 0 Å². The van der Waals surface area contributed by atoms with Crippen LogP contribution in [-0.2, 0) is 0 Å². The topological polar surface area (TPSA) is 30.5 Å². The Morgan fingerprint density at radius 1 is 1.22 bits per heavy atom. The number of hydrogen-bond acceptors (Lipinski definition) is 3. The largest absolute Gasteiger partial charge is 0.486 e. The Morgan fingerprint density at radius 3 is 2.56 bits per heavy atom. The molecule has 1 heterocycles. The highest BCUT2D eigenvalue weighted by atomic mass is 16.6. The van der Waals surface area contributed by atoms with Gasteiger partial charge in [0.2, 0.25) is 0 Å². The van der Waals surface area contributed by atoms with E-state index in [9.17, 15) is 0 Å². The molecular weight excluding hydrogens is 226 g/mol. The molecule has 1 aromatic rings. The number of benzene rings is 1. The molecule has 0 saturated carbocycles. The van der Waals surface area contributed by atoms with Gasteiger partial charge in [-0.15, -0.1) is 0 Å². The molecule has 100 valence electrons. The third kappa shape index (κ3) is 2.96. The van der Waals surface area contributed by atoms with Crippen LogP contribution < -0.4 is 14.8 Å². The fourth-order valence-corrected chi connectivity index (χ4v) is 2.10. The molecule has 2 rings (SSSR count). The molecule has 0 spiro atoms. The number of fused-ring (bicyclic) bond motifs is 1. The van der Waals surface area contributed by atoms with Crippen molar-refractivity contribution in [2.24, 2.45) is 0 Å². The minimum absolute atomic E-state index is 0.146. The Morgan fingerprint density at radius 2 is 1.89 bits per heavy atom. The van der Waals surface area contributed by atoms with Gasteiger partial charge in [0.05, 0.1) is 0 Å². The summed E-state index contributed by atoms with van der Waals surface area (Å²) in [6.45, 7) is 10.1. The van der Waals surface area contributed by atoms with E-state index in [1.807, 2.05) is 6.07 Å². The van der Waals surface area contributed by atoms with Crippen LogP contribution >= 0.6 is 0 Å². The summed E-state index contributed by atoms with van der Waals surface area (Å²) in [7, 11) is 0. The smallest absolute Gasteiger partial charge is 0.161 e. The van der Waals surface area contributed by atoms with Crippen LogP contribution in [0.3, 0.4) is 0 Å². The molecule has 3 heteroatoms. The Kier molecular flexibility index (Phi) is 3.81. The van der Waals surface area contributed by atoms with E-state index in [-0.39, 0.29) is 5.54 Å². The second kappa shape index (κ2) is 5.19. The molecule has 0 aromatic heterocycles. The quantitative estimate of drug-likeness (QED) is 0.888. The number of hydrogen-bond donors (Lipinski definition) is 1. The SMILES string of the molecule is CCC(C)(C)NC(C)c1ccc2c(c1)OCCO2. The van der Waals surface area contributed by atoms with Gasteiger partial charge in [0.15, 0.2) is 11.5 Å². The molecule has 1 N–H and O–H groups in total. The molecule has 1 aliphatic rings. The van der Waals surface area contributed by atoms with E-state index >= 15 is 0 Å². The van der Waals surface area contributed by atoms with Crippen molar-refractivity contribution in [3.05, 3.63) is 23.8 Å². The summed E-state index contributed by atoms with van der Waals surface area (Å²) in [6, 6.07) is 6.49. The predicted molar refractivity (Wildman–Crippen MR) is 73.4 cm³/mol. The first-order valence-corrected chi connectivity index (χ1v) is 6.69. The summed E-state index contributed by atoms with van der Waals surface area (Å²) in [5.41, 5.74) is 1.38. The average Bonchev–Trinajstić information content (AvgIpc) is 2.37. The first kappa shape index (κ1) is 13.2. The highest BCUT2D eigenvalue weighted by Crippen LogP contribution is 2.33. The zero-order chi connectivity index (χ0) is 13.2. The van der Waals surface area contributed by atoms with Crippen molar-refractivity contribution in [2.45, 2.75) is 45.7 Å². The van der Waals surface area contributed by atoms with Gasteiger partial charge >= 0.3 is 0 Å². The summed E-state index contributed by atoms with van der Waals surface area (Å²) in [5.74, 6) is 1.72. The van der Waals surface area contributed by atoms with Gasteiger partial charge in [-0.1, -0.05) is 13.0 Å². The van der Waals surface area contributed by atoms with Gasteiger partial charge < -0.3 is 14.8 Å². The van der Waals surface area contributed by atoms with Crippen LogP contribution in [0.5, 0.6) is 11.5 Å². The van der Waals surface area contributed by atoms with E-state index in [4.69, 9.17) is 9.47 Å². The van der Waals surface area contributed by atoms with Gasteiger partial charge in [-0.3, -0.25) is 0 Å². The van der Waals surface area contributed by atoms with Crippen LogP contribution in [0.1, 0.15) is 45.7 Å². The molecule has 0 aliphatic carbocycles. The fourth-order valence-electron chi connectivity index (χ4n) is 2.10. The fraction of sp³-hybridized carbons (Fsp3) is 0.600. The van der Waals surface area contributed by atoms with Gasteiger partial charge in [0, 0.05) is 11.6 Å². The molecule has 0 fully saturated rings. The van der Waals surface area contributed by atoms with Crippen molar-refractivity contribution in [1.29, 1.82) is 0 Å². The number of rotatable bonds is 4. The van der Waals surface area contributed by atoms with Crippen molar-refractivity contribution >= 4 is 0 Å². The zero-order valence-corrected chi connectivity index (χ0v) is 11.7. The van der Waals surface area contributed by atoms with Crippen molar-refractivity contribution in [1.82, 2.24) is 5.32 Å². The van der Waals surface area contributed by atoms with Crippen molar-refractivity contribution in [3.8, 4) is 11.5 Å². The van der Waals surface area contributed by atoms with E-state index in [0.29, 0.717) is 19.3 Å². The lowest BCUT2D eigenvalue weighted by molar-refractivity contribution is 0.171. The Balaban J connectivity index is 2.13. The Hall–Kier alpha value is -1.22. The first-order chi connectivity index (χ1) is 8.52. The molecule has 1 atom stereocenters. The summed E-state index contributed by atoms with van der Waals surface area (Å²) in [6.07, 6.45) is 1.10. The second-order valence-electron chi connectivity index (χ2n) is 5.51. The van der Waals surface area contributed by atoms with Crippen molar-refractivity contribution in [3.63, 3.8) is 0 Å². The van der Waals surface area contributed by atoms with E-state index in [0.717, 1.165) is 17.9 Å². The van der Waals surface area contributed by atoms with Gasteiger partial charge in [0.25, 0.3) is 0 Å². The minimum atomic E-state index is 0.146. The summed E-state index contributed by atoms with van der Waals surface area (Å²) < 4.78 is 11.2. The maximum absolute atomic E-state index is 5.62. The molecule has 1 aromatic carbocycles. The normalized spacial score (nSPS) is 16.4. The lowest BCUT2D eigenvalue weighted by atomic mass is 9.98. The van der Waals surface area contributed by atoms with E-state index in [2.05, 4.69) is 45.1 Å². The average molecular weight is 249 g/mol. The monoisotopic (exact) mass is 249 g/mol. The summed E-state index contributed by atoms with van der Waals surface area (Å²) in [4.78, 5) is 0. The van der Waals surface area contributed by atoms with Crippen molar-refractivity contribution in [2.75, 3.05) is 13.2 Å². The maximum atomic E-state index is 5.62. The third-order valence-electron chi connectivity index (χ3n) is 3.56. The van der Waals surface area contributed by atoms with Gasteiger partial charge in [0.1, 0.15) is 13.2 Å². The highest BCUT2D eigenvalue weighted by molar-refractivity contribution is 5.44. The van der Waals surface area contributed by atoms with Gasteiger partial charge in [-0.25, -0.2) is 0 Å². The predicted octanol–water partition coefficient (Wildman–Crippen LogP) is 3.30. The number of nitrogens with one attached hydrogen (secondary N) is 1. The zero-order valence-electron chi connectivity index (χ0n) is 11.7. The molecular formula is C15H23NO2. The van der Waals surface area contributed by atoms with Crippen LogP contribution in [0, 0.1) is 0 Å². The molecule has 0 amide bonds. The minimum Gasteiger partial charge on any atom is -0.486 e. The maximum Gasteiger partial charge on any atom is 0.161 e. The van der Waals surface area contributed by atoms with Gasteiger partial charge in [-0.2, -0.15) is 0 Å². The van der Waals surface area contributed by atoms with Crippen LogP contribution in [0.2, 0.25) is 0 Å². The van der Waals surface area contributed by atoms with Crippen LogP contribution in [0.4, 0.5) is 0 Å². The third-order valence-corrected chi connectivity index (χ3v) is 3.56. The lowest BCUT2D eigenvalue weighted by Gasteiger charge is -2.30. The second-order valence-corrected chi connectivity index (χ2v) is 5.51. The van der Waals surface area contributed by atoms with Gasteiger partial charge in [-0.05, 0) is 44.9 Å². The van der Waals surface area contributed by atoms with Crippen LogP contribution in [0.15, 0.2) is 18.2 Å². The molecule has 18 heavy (non-hydrogen) atoms. The standard InChI is InChI=1S/C15H23NO2/c1-5-15(3,4)16-11(2)12-6-7-13-14(10-12)18-9-8-17-13/h6-7,10-11,16H,5,8-9H2,1-4H3. The van der Waals surface area contributed by atoms with E-state index < -0.39 is 0 Å². The molecule has 0 radical (unpaired) electrons. The molecule has 0 bridgehead atoms. The molecule has 1 unspecified atom stereocenters. The Labute approximate surface area is 109 Å². The van der Waals surface area contributed by atoms with E-state index in [1.165, 1.54) is 5.56 Å². The number of ether oxygens (including phenoxy) is 2. The lowest BCUT2D eigenvalue weighted by Crippen LogP contribution is -2.40. The molecule has 1 aliphatic heterocycles. The first-order valence-electron chi connectivity index (χ1n) is 6.69. The summed E-state index contributed by atoms with van der Waals surface area (Å²) in [5, 5.41) is 3.63. The summed E-state index contributed by atoms with van der Waals surface area (Å²) >= 11 is 0. The molecule has 3 nitrogen and oxygen atoms in total. The van der Waals surface area contributed by atoms with Crippen LogP contribution in [-0.4, -0.2) is 18.8 Å². The molecule has 0 saturated heterocycles.